The zero-order valence-corrected chi connectivity index (χ0v) is 20.0. The van der Waals surface area contributed by atoms with E-state index in [0.717, 1.165) is 38.5 Å². The van der Waals surface area contributed by atoms with E-state index in [1.165, 1.54) is 17.8 Å². The molecule has 12 nitrogen and oxygen atoms in total. The van der Waals surface area contributed by atoms with Gasteiger partial charge in [0.25, 0.3) is 5.91 Å². The normalized spacial score (nSPS) is 15.0. The number of nitrogens with zero attached hydrogens (tertiary/aromatic N) is 4. The average molecular weight is 496 g/mol. The Balaban J connectivity index is 1.31. The van der Waals surface area contributed by atoms with Crippen molar-refractivity contribution in [3.05, 3.63) is 53.9 Å². The largest absolute Gasteiger partial charge is 0.504 e. The van der Waals surface area contributed by atoms with Crippen LogP contribution in [0.3, 0.4) is 0 Å². The molecule has 0 unspecified atom stereocenters. The number of aromatic nitrogens is 4. The topological polar surface area (TPSA) is 164 Å². The summed E-state index contributed by atoms with van der Waals surface area (Å²) in [6.07, 6.45) is 6.95. The highest BCUT2D eigenvalue weighted by molar-refractivity contribution is 5.95. The molecule has 3 amide bonds. The Morgan fingerprint density at radius 3 is 2.50 bits per heavy atom. The summed E-state index contributed by atoms with van der Waals surface area (Å²) in [5, 5.41) is 21.3. The molecule has 4 N–H and O–H groups in total. The van der Waals surface area contributed by atoms with E-state index < -0.39 is 17.4 Å². The Bertz CT molecular complexity index is 1210. The minimum atomic E-state index is -0.763. The molecule has 0 saturated heterocycles. The first-order chi connectivity index (χ1) is 17.4. The molecule has 1 aliphatic rings. The number of para-hydroxylation sites is 1. The molecule has 1 fully saturated rings. The molecule has 3 aromatic rings. The van der Waals surface area contributed by atoms with Crippen molar-refractivity contribution in [3.8, 4) is 11.4 Å². The Hall–Kier alpha value is -4.22. The highest BCUT2D eigenvalue weighted by atomic mass is 16.5. The quantitative estimate of drug-likeness (QED) is 0.286. The second kappa shape index (κ2) is 11.0. The number of rotatable bonds is 7. The molecule has 2 heterocycles. The van der Waals surface area contributed by atoms with Crippen molar-refractivity contribution in [3.63, 3.8) is 0 Å². The number of hydrazine groups is 1. The van der Waals surface area contributed by atoms with Crippen LogP contribution in [0.2, 0.25) is 0 Å². The molecule has 36 heavy (non-hydrogen) atoms. The molecular formula is C24H29N7O5. The molecule has 190 valence electrons. The van der Waals surface area contributed by atoms with Crippen LogP contribution in [-0.4, -0.2) is 42.7 Å². The summed E-state index contributed by atoms with van der Waals surface area (Å²) in [6.45, 7) is 1.47. The second-order valence-corrected chi connectivity index (χ2v) is 8.83. The van der Waals surface area contributed by atoms with Crippen molar-refractivity contribution in [2.24, 2.45) is 0 Å². The maximum atomic E-state index is 12.4. The van der Waals surface area contributed by atoms with Gasteiger partial charge in [-0.25, -0.2) is 4.68 Å². The zero-order valence-electron chi connectivity index (χ0n) is 20.0. The van der Waals surface area contributed by atoms with Crippen molar-refractivity contribution < 1.29 is 24.0 Å². The summed E-state index contributed by atoms with van der Waals surface area (Å²) in [7, 11) is 0. The summed E-state index contributed by atoms with van der Waals surface area (Å²) in [5.74, 6) is -1.04. The first-order valence-corrected chi connectivity index (χ1v) is 11.9. The Kier molecular flexibility index (Phi) is 7.62. The molecule has 0 spiro atoms. The van der Waals surface area contributed by atoms with Gasteiger partial charge >= 0.3 is 0 Å². The molecule has 0 radical (unpaired) electrons. The van der Waals surface area contributed by atoms with Crippen LogP contribution in [0.5, 0.6) is 5.75 Å². The molecule has 1 aromatic carbocycles. The number of benzene rings is 1. The monoisotopic (exact) mass is 495 g/mol. The van der Waals surface area contributed by atoms with Gasteiger partial charge in [-0.3, -0.25) is 25.2 Å². The van der Waals surface area contributed by atoms with Gasteiger partial charge in [0.1, 0.15) is 5.54 Å². The van der Waals surface area contributed by atoms with Crippen LogP contribution in [0.15, 0.2) is 41.1 Å². The molecule has 1 saturated carbocycles. The van der Waals surface area contributed by atoms with E-state index in [-0.39, 0.29) is 36.1 Å². The third kappa shape index (κ3) is 5.88. The summed E-state index contributed by atoms with van der Waals surface area (Å²) >= 11 is 0. The van der Waals surface area contributed by atoms with Crippen LogP contribution in [-0.2, 0) is 21.5 Å². The van der Waals surface area contributed by atoms with Gasteiger partial charge in [-0.15, -0.1) is 0 Å². The van der Waals surface area contributed by atoms with Gasteiger partial charge in [0.15, 0.2) is 17.3 Å². The van der Waals surface area contributed by atoms with E-state index >= 15 is 0 Å². The first-order valence-electron chi connectivity index (χ1n) is 11.9. The van der Waals surface area contributed by atoms with E-state index in [1.807, 2.05) is 6.07 Å². The first kappa shape index (κ1) is 24.9. The number of amides is 3. The minimum Gasteiger partial charge on any atom is -0.504 e. The maximum Gasteiger partial charge on any atom is 0.294 e. The zero-order chi connectivity index (χ0) is 25.5. The van der Waals surface area contributed by atoms with Gasteiger partial charge in [-0.2, -0.15) is 10.1 Å². The van der Waals surface area contributed by atoms with E-state index in [4.69, 9.17) is 4.52 Å². The fourth-order valence-electron chi connectivity index (χ4n) is 4.33. The average Bonchev–Trinajstić information content (AvgIpc) is 3.44. The lowest BCUT2D eigenvalue weighted by molar-refractivity contribution is -0.122. The molecule has 0 bridgehead atoms. The third-order valence-corrected chi connectivity index (χ3v) is 6.08. The van der Waals surface area contributed by atoms with E-state index in [9.17, 15) is 19.5 Å². The third-order valence-electron chi connectivity index (χ3n) is 6.08. The predicted molar refractivity (Wildman–Crippen MR) is 127 cm³/mol. The van der Waals surface area contributed by atoms with E-state index in [0.29, 0.717) is 11.5 Å². The molecular weight excluding hydrogens is 466 g/mol. The maximum absolute atomic E-state index is 12.4. The smallest absolute Gasteiger partial charge is 0.294 e. The number of nitrogens with one attached hydrogen (secondary N) is 3. The highest BCUT2D eigenvalue weighted by Crippen LogP contribution is 2.34. The lowest BCUT2D eigenvalue weighted by atomic mass is 9.89. The predicted octanol–water partition coefficient (Wildman–Crippen LogP) is 2.04. The van der Waals surface area contributed by atoms with Crippen LogP contribution in [0.1, 0.15) is 74.1 Å². The number of carbonyl (C=O) groups is 3. The van der Waals surface area contributed by atoms with Gasteiger partial charge in [-0.1, -0.05) is 49.0 Å². The van der Waals surface area contributed by atoms with Crippen LogP contribution in [0, 0.1) is 0 Å². The van der Waals surface area contributed by atoms with Gasteiger partial charge < -0.3 is 14.9 Å². The van der Waals surface area contributed by atoms with Crippen LogP contribution in [0.4, 0.5) is 0 Å². The SMILES string of the molecule is CC(=O)NC1(c2noc(CCC(=O)NNC(=O)c3nn(-c4ccccc4)cc3O)n2)CCCCCC1. The van der Waals surface area contributed by atoms with Crippen LogP contribution >= 0.6 is 0 Å². The van der Waals surface area contributed by atoms with Crippen molar-refractivity contribution in [1.29, 1.82) is 0 Å². The summed E-state index contributed by atoms with van der Waals surface area (Å²) in [4.78, 5) is 40.9. The second-order valence-electron chi connectivity index (χ2n) is 8.83. The van der Waals surface area contributed by atoms with Gasteiger partial charge in [0.05, 0.1) is 11.9 Å². The highest BCUT2D eigenvalue weighted by Gasteiger charge is 2.38. The van der Waals surface area contributed by atoms with Crippen molar-refractivity contribution >= 4 is 17.7 Å². The summed E-state index contributed by atoms with van der Waals surface area (Å²) < 4.78 is 6.71. The number of carbonyl (C=O) groups excluding carboxylic acids is 3. The van der Waals surface area contributed by atoms with Crippen LogP contribution in [0.25, 0.3) is 5.69 Å². The number of hydrogen-bond acceptors (Lipinski definition) is 8. The fraction of sp³-hybridized carbons (Fsp3) is 0.417. The Morgan fingerprint density at radius 2 is 1.81 bits per heavy atom. The lowest BCUT2D eigenvalue weighted by Crippen LogP contribution is -2.45. The molecule has 0 aliphatic heterocycles. The standard InChI is InChI=1S/C24H29N7O5/c1-16(32)26-24(13-7-2-3-8-14-24)23-25-20(36-30-23)12-11-19(34)27-28-22(35)21-18(33)15-31(29-21)17-9-5-4-6-10-17/h4-6,9-10,15,33H,2-3,7-8,11-14H2,1H3,(H,26,32)(H,27,34)(H,28,35). The van der Waals surface area contributed by atoms with Gasteiger partial charge in [-0.05, 0) is 25.0 Å². The molecule has 0 atom stereocenters. The number of aryl methyl sites for hydroxylation is 1. The molecule has 1 aliphatic carbocycles. The van der Waals surface area contributed by atoms with E-state index in [2.05, 4.69) is 31.4 Å². The lowest BCUT2D eigenvalue weighted by Gasteiger charge is -2.30. The Labute approximate surface area is 207 Å². The van der Waals surface area contributed by atoms with Crippen molar-refractivity contribution in [1.82, 2.24) is 36.1 Å². The fourth-order valence-corrected chi connectivity index (χ4v) is 4.33. The molecule has 4 rings (SSSR count). The summed E-state index contributed by atoms with van der Waals surface area (Å²) in [6, 6.07) is 8.98. The van der Waals surface area contributed by atoms with E-state index in [1.54, 1.807) is 24.3 Å². The minimum absolute atomic E-state index is 0.0283. The van der Waals surface area contributed by atoms with Gasteiger partial charge in [0.2, 0.25) is 17.7 Å². The van der Waals surface area contributed by atoms with Crippen LogP contribution < -0.4 is 16.2 Å². The van der Waals surface area contributed by atoms with Crippen molar-refractivity contribution in [2.75, 3.05) is 0 Å². The van der Waals surface area contributed by atoms with Gasteiger partial charge in [0, 0.05) is 19.8 Å². The Morgan fingerprint density at radius 1 is 1.08 bits per heavy atom. The number of hydrogen-bond donors (Lipinski definition) is 4. The number of aromatic hydroxyl groups is 1. The molecule has 12 heteroatoms. The summed E-state index contributed by atoms with van der Waals surface area (Å²) in [5.41, 5.74) is 4.31. The molecule has 2 aromatic heterocycles. The van der Waals surface area contributed by atoms with Crippen molar-refractivity contribution in [2.45, 2.75) is 63.8 Å².